The Morgan fingerprint density at radius 2 is 2.47 bits per heavy atom. The molecule has 1 aromatic heterocycles. The van der Waals surface area contributed by atoms with Crippen LogP contribution < -0.4 is 0 Å². The van der Waals surface area contributed by atoms with Gasteiger partial charge in [-0.05, 0) is 6.92 Å². The Bertz CT molecular complexity index is 380. The Morgan fingerprint density at radius 3 is 3.07 bits per heavy atom. The second kappa shape index (κ2) is 5.14. The second-order valence-electron chi connectivity index (χ2n) is 3.20. The van der Waals surface area contributed by atoms with Crippen LogP contribution in [0.1, 0.15) is 18.4 Å². The number of esters is 1. The Labute approximate surface area is 88.7 Å². The quantitative estimate of drug-likeness (QED) is 0.453. The summed E-state index contributed by atoms with van der Waals surface area (Å²) in [5.41, 5.74) is 1.15. The highest BCUT2D eigenvalue weighted by Gasteiger charge is 2.05. The summed E-state index contributed by atoms with van der Waals surface area (Å²) in [5.74, 6) is 0.418. The van der Waals surface area contributed by atoms with Crippen LogP contribution >= 0.6 is 0 Å². The summed E-state index contributed by atoms with van der Waals surface area (Å²) < 4.78 is 4.95. The number of imidazole rings is 1. The van der Waals surface area contributed by atoms with Gasteiger partial charge in [0.25, 0.3) is 0 Å². The van der Waals surface area contributed by atoms with E-state index >= 15 is 0 Å². The third-order valence-corrected chi connectivity index (χ3v) is 1.73. The normalized spacial score (nSPS) is 9.67. The van der Waals surface area contributed by atoms with Crippen LogP contribution in [0.5, 0.6) is 0 Å². The van der Waals surface area contributed by atoms with Crippen molar-refractivity contribution in [2.75, 3.05) is 0 Å². The summed E-state index contributed by atoms with van der Waals surface area (Å²) in [6.07, 6.45) is 4.07. The van der Waals surface area contributed by atoms with Gasteiger partial charge in [0.05, 0.1) is 11.9 Å². The molecule has 0 bridgehead atoms. The fraction of sp³-hybridized carbons (Fsp3) is 0.273. The maximum Gasteiger partial charge on any atom is 0.333 e. The predicted octanol–water partition coefficient (Wildman–Crippen LogP) is 1.76. The number of H-pyrrole nitrogens is 1. The average molecular weight is 206 g/mol. The van der Waals surface area contributed by atoms with Crippen LogP contribution in [0.3, 0.4) is 0 Å². The van der Waals surface area contributed by atoms with Crippen molar-refractivity contribution < 1.29 is 9.53 Å². The molecular formula is C11H14N2O2. The summed E-state index contributed by atoms with van der Waals surface area (Å²) in [6, 6.07) is 0. The van der Waals surface area contributed by atoms with Crippen molar-refractivity contribution in [3.8, 4) is 0 Å². The van der Waals surface area contributed by atoms with Crippen LogP contribution in [0.4, 0.5) is 0 Å². The molecule has 0 saturated carbocycles. The van der Waals surface area contributed by atoms with Gasteiger partial charge in [-0.3, -0.25) is 0 Å². The lowest BCUT2D eigenvalue weighted by atomic mass is 10.4. The lowest BCUT2D eigenvalue weighted by Crippen LogP contribution is -2.05. The molecule has 1 heterocycles. The average Bonchev–Trinajstić information content (AvgIpc) is 2.62. The molecule has 0 saturated heterocycles. The number of allylic oxidation sites excluding steroid dienone is 1. The molecule has 0 spiro atoms. The van der Waals surface area contributed by atoms with E-state index in [-0.39, 0.29) is 6.61 Å². The zero-order valence-electron chi connectivity index (χ0n) is 8.75. The van der Waals surface area contributed by atoms with E-state index in [2.05, 4.69) is 23.1 Å². The van der Waals surface area contributed by atoms with Gasteiger partial charge >= 0.3 is 5.97 Å². The smallest absolute Gasteiger partial charge is 0.333 e. The highest BCUT2D eigenvalue weighted by Crippen LogP contribution is 2.02. The number of hydrogen-bond acceptors (Lipinski definition) is 3. The largest absolute Gasteiger partial charge is 0.456 e. The number of aromatic nitrogens is 2. The molecule has 4 heteroatoms. The highest BCUT2D eigenvalue weighted by molar-refractivity contribution is 5.86. The van der Waals surface area contributed by atoms with E-state index in [0.717, 1.165) is 11.5 Å². The highest BCUT2D eigenvalue weighted by atomic mass is 16.5. The fourth-order valence-corrected chi connectivity index (χ4v) is 0.986. The van der Waals surface area contributed by atoms with E-state index in [1.807, 2.05) is 0 Å². The van der Waals surface area contributed by atoms with Crippen molar-refractivity contribution in [1.82, 2.24) is 9.97 Å². The van der Waals surface area contributed by atoms with Gasteiger partial charge in [-0.25, -0.2) is 9.78 Å². The summed E-state index contributed by atoms with van der Waals surface area (Å²) in [6.45, 7) is 8.89. The maximum absolute atomic E-state index is 11.1. The first kappa shape index (κ1) is 11.2. The SMILES string of the molecule is C=CCc1ncc(COC(=O)C(=C)C)[nH]1. The Morgan fingerprint density at radius 1 is 1.73 bits per heavy atom. The van der Waals surface area contributed by atoms with E-state index in [0.29, 0.717) is 12.0 Å². The maximum atomic E-state index is 11.1. The molecule has 0 aliphatic heterocycles. The number of carbonyl (C=O) groups excluding carboxylic acids is 1. The fourth-order valence-electron chi connectivity index (χ4n) is 0.986. The van der Waals surface area contributed by atoms with E-state index in [9.17, 15) is 4.79 Å². The molecule has 0 aliphatic carbocycles. The molecule has 1 rings (SSSR count). The standard InChI is InChI=1S/C11H14N2O2/c1-4-5-10-12-6-9(13-10)7-15-11(14)8(2)3/h4,6H,1-2,5,7H2,3H3,(H,12,13). The van der Waals surface area contributed by atoms with Gasteiger partial charge in [0.2, 0.25) is 0 Å². The van der Waals surface area contributed by atoms with Crippen LogP contribution in [-0.4, -0.2) is 15.9 Å². The minimum atomic E-state index is -0.394. The van der Waals surface area contributed by atoms with Gasteiger partial charge in [-0.2, -0.15) is 0 Å². The number of rotatable bonds is 5. The minimum Gasteiger partial charge on any atom is -0.456 e. The van der Waals surface area contributed by atoms with Gasteiger partial charge in [-0.15, -0.1) is 6.58 Å². The molecule has 1 aromatic rings. The monoisotopic (exact) mass is 206 g/mol. The predicted molar refractivity (Wildman–Crippen MR) is 57.1 cm³/mol. The second-order valence-corrected chi connectivity index (χ2v) is 3.20. The summed E-state index contributed by atoms with van der Waals surface area (Å²) in [5, 5.41) is 0. The third kappa shape index (κ3) is 3.42. The molecule has 0 atom stereocenters. The first-order valence-electron chi connectivity index (χ1n) is 4.59. The number of aromatic amines is 1. The van der Waals surface area contributed by atoms with Crippen molar-refractivity contribution in [1.29, 1.82) is 0 Å². The molecular weight excluding hydrogens is 192 g/mol. The molecule has 0 unspecified atom stereocenters. The van der Waals surface area contributed by atoms with Crippen molar-refractivity contribution in [2.24, 2.45) is 0 Å². The molecule has 0 aromatic carbocycles. The molecule has 0 fully saturated rings. The number of ether oxygens (including phenoxy) is 1. The van der Waals surface area contributed by atoms with Crippen molar-refractivity contribution in [2.45, 2.75) is 20.0 Å². The lowest BCUT2D eigenvalue weighted by Gasteiger charge is -2.01. The molecule has 0 aliphatic rings. The van der Waals surface area contributed by atoms with E-state index in [1.54, 1.807) is 19.2 Å². The van der Waals surface area contributed by atoms with E-state index in [1.165, 1.54) is 0 Å². The number of nitrogens with zero attached hydrogens (tertiary/aromatic N) is 1. The Hall–Kier alpha value is -1.84. The van der Waals surface area contributed by atoms with Crippen molar-refractivity contribution in [3.63, 3.8) is 0 Å². The van der Waals surface area contributed by atoms with Crippen LogP contribution in [-0.2, 0) is 22.6 Å². The summed E-state index contributed by atoms with van der Waals surface area (Å²) in [4.78, 5) is 18.2. The topological polar surface area (TPSA) is 55.0 Å². The zero-order valence-corrected chi connectivity index (χ0v) is 8.75. The zero-order chi connectivity index (χ0) is 11.3. The van der Waals surface area contributed by atoms with Gasteiger partial charge in [0, 0.05) is 12.0 Å². The summed E-state index contributed by atoms with van der Waals surface area (Å²) >= 11 is 0. The molecule has 80 valence electrons. The minimum absolute atomic E-state index is 0.190. The number of hydrogen-bond donors (Lipinski definition) is 1. The van der Waals surface area contributed by atoms with E-state index in [4.69, 9.17) is 4.74 Å². The molecule has 15 heavy (non-hydrogen) atoms. The van der Waals surface area contributed by atoms with Crippen LogP contribution in [0.2, 0.25) is 0 Å². The van der Waals surface area contributed by atoms with Gasteiger partial charge < -0.3 is 9.72 Å². The van der Waals surface area contributed by atoms with Gasteiger partial charge in [-0.1, -0.05) is 12.7 Å². The number of carbonyl (C=O) groups is 1. The molecule has 0 amide bonds. The van der Waals surface area contributed by atoms with Crippen molar-refractivity contribution >= 4 is 5.97 Å². The van der Waals surface area contributed by atoms with Crippen LogP contribution in [0.25, 0.3) is 0 Å². The first-order chi connectivity index (χ1) is 7.13. The Kier molecular flexibility index (Phi) is 3.85. The first-order valence-corrected chi connectivity index (χ1v) is 4.59. The molecule has 4 nitrogen and oxygen atoms in total. The van der Waals surface area contributed by atoms with E-state index < -0.39 is 5.97 Å². The Balaban J connectivity index is 2.47. The summed E-state index contributed by atoms with van der Waals surface area (Å²) in [7, 11) is 0. The van der Waals surface area contributed by atoms with Gasteiger partial charge in [0.1, 0.15) is 12.4 Å². The third-order valence-electron chi connectivity index (χ3n) is 1.73. The van der Waals surface area contributed by atoms with Crippen LogP contribution in [0, 0.1) is 0 Å². The lowest BCUT2D eigenvalue weighted by molar-refractivity contribution is -0.140. The van der Waals surface area contributed by atoms with Gasteiger partial charge in [0.15, 0.2) is 0 Å². The molecule has 1 N–H and O–H groups in total. The molecule has 0 radical (unpaired) electrons. The van der Waals surface area contributed by atoms with Crippen molar-refractivity contribution in [3.05, 3.63) is 42.5 Å². The number of nitrogens with one attached hydrogen (secondary N) is 1. The van der Waals surface area contributed by atoms with Crippen LogP contribution in [0.15, 0.2) is 31.0 Å².